The fourth-order valence-corrected chi connectivity index (χ4v) is 2.44. The molecule has 0 saturated heterocycles. The summed E-state index contributed by atoms with van der Waals surface area (Å²) >= 11 is 0. The zero-order valence-electron chi connectivity index (χ0n) is 13.8. The minimum Gasteiger partial charge on any atom is -0.484 e. The molecule has 2 aromatic rings. The van der Waals surface area contributed by atoms with E-state index in [1.807, 2.05) is 6.07 Å². The number of carbonyl (C=O) groups excluding carboxylic acids is 1. The maximum Gasteiger partial charge on any atom is 0.416 e. The minimum absolute atomic E-state index is 0.167. The number of hydrogen-bond acceptors (Lipinski definition) is 4. The highest BCUT2D eigenvalue weighted by Crippen LogP contribution is 2.34. The Morgan fingerprint density at radius 2 is 1.85 bits per heavy atom. The van der Waals surface area contributed by atoms with Crippen molar-refractivity contribution in [1.82, 2.24) is 5.32 Å². The molecule has 138 valence electrons. The number of carbonyl (C=O) groups is 1. The first-order chi connectivity index (χ1) is 12.3. The van der Waals surface area contributed by atoms with Gasteiger partial charge in [0.25, 0.3) is 5.91 Å². The van der Waals surface area contributed by atoms with Crippen molar-refractivity contribution in [2.45, 2.75) is 19.1 Å². The highest BCUT2D eigenvalue weighted by molar-refractivity contribution is 5.78. The van der Waals surface area contributed by atoms with Crippen LogP contribution in [0.5, 0.6) is 17.2 Å². The van der Waals surface area contributed by atoms with Crippen LogP contribution < -0.4 is 19.5 Å². The van der Waals surface area contributed by atoms with Crippen molar-refractivity contribution >= 4 is 5.91 Å². The average molecular weight is 367 g/mol. The summed E-state index contributed by atoms with van der Waals surface area (Å²) in [5, 5.41) is 2.75. The third-order valence-electron chi connectivity index (χ3n) is 3.83. The van der Waals surface area contributed by atoms with Crippen LogP contribution in [0.25, 0.3) is 0 Å². The molecule has 1 unspecified atom stereocenters. The number of rotatable bonds is 5. The number of hydrogen-bond donors (Lipinski definition) is 1. The predicted octanol–water partition coefficient (Wildman–Crippen LogP) is 3.69. The Labute approximate surface area is 147 Å². The standard InChI is InChI=1S/C18H16F3NO4/c1-11(12-2-7-15-16(8-12)26-10-25-15)22-17(23)9-24-14-5-3-13(4-6-14)18(19,20)21/h2-8,11H,9-10H2,1H3,(H,22,23). The van der Waals surface area contributed by atoms with Gasteiger partial charge in [0.05, 0.1) is 11.6 Å². The Morgan fingerprint density at radius 3 is 2.54 bits per heavy atom. The average Bonchev–Trinajstić information content (AvgIpc) is 3.07. The van der Waals surface area contributed by atoms with E-state index in [9.17, 15) is 18.0 Å². The maximum absolute atomic E-state index is 12.5. The van der Waals surface area contributed by atoms with E-state index < -0.39 is 17.6 Å². The van der Waals surface area contributed by atoms with E-state index in [0.717, 1.165) is 17.7 Å². The molecule has 8 heteroatoms. The topological polar surface area (TPSA) is 56.8 Å². The first-order valence-corrected chi connectivity index (χ1v) is 7.82. The third kappa shape index (κ3) is 4.19. The summed E-state index contributed by atoms with van der Waals surface area (Å²) in [6.07, 6.45) is -4.41. The molecule has 1 aliphatic rings. The van der Waals surface area contributed by atoms with E-state index in [-0.39, 0.29) is 25.2 Å². The molecule has 1 atom stereocenters. The Hall–Kier alpha value is -2.90. The summed E-state index contributed by atoms with van der Waals surface area (Å²) in [4.78, 5) is 12.0. The number of amides is 1. The lowest BCUT2D eigenvalue weighted by atomic mass is 10.1. The molecule has 1 amide bonds. The normalized spacial score (nSPS) is 14.0. The van der Waals surface area contributed by atoms with Gasteiger partial charge in [-0.2, -0.15) is 13.2 Å². The SMILES string of the molecule is CC(NC(=O)COc1ccc(C(F)(F)F)cc1)c1ccc2c(c1)OCO2. The third-order valence-corrected chi connectivity index (χ3v) is 3.83. The summed E-state index contributed by atoms with van der Waals surface area (Å²) in [5.74, 6) is 1.06. The van der Waals surface area contributed by atoms with Gasteiger partial charge in [-0.15, -0.1) is 0 Å². The second-order valence-corrected chi connectivity index (χ2v) is 5.71. The molecule has 0 saturated carbocycles. The molecule has 0 fully saturated rings. The van der Waals surface area contributed by atoms with Crippen LogP contribution in [0.2, 0.25) is 0 Å². The van der Waals surface area contributed by atoms with Crippen molar-refractivity contribution in [2.24, 2.45) is 0 Å². The van der Waals surface area contributed by atoms with Crippen LogP contribution in [0.4, 0.5) is 13.2 Å². The molecule has 0 radical (unpaired) electrons. The van der Waals surface area contributed by atoms with Gasteiger partial charge in [-0.05, 0) is 48.9 Å². The molecule has 0 spiro atoms. The molecule has 1 heterocycles. The first-order valence-electron chi connectivity index (χ1n) is 7.82. The predicted molar refractivity (Wildman–Crippen MR) is 86.1 cm³/mol. The molecule has 0 aromatic heterocycles. The number of alkyl halides is 3. The monoisotopic (exact) mass is 367 g/mol. The largest absolute Gasteiger partial charge is 0.484 e. The van der Waals surface area contributed by atoms with Gasteiger partial charge in [0.2, 0.25) is 6.79 Å². The zero-order chi connectivity index (χ0) is 18.7. The van der Waals surface area contributed by atoms with E-state index in [1.54, 1.807) is 19.1 Å². The summed E-state index contributed by atoms with van der Waals surface area (Å²) in [6.45, 7) is 1.66. The lowest BCUT2D eigenvalue weighted by Crippen LogP contribution is -2.31. The summed E-state index contributed by atoms with van der Waals surface area (Å²) in [7, 11) is 0. The van der Waals surface area contributed by atoms with Gasteiger partial charge in [-0.3, -0.25) is 4.79 Å². The summed E-state index contributed by atoms with van der Waals surface area (Å²) in [5.41, 5.74) is 0.0582. The molecular weight excluding hydrogens is 351 g/mol. The second kappa shape index (κ2) is 7.15. The zero-order valence-corrected chi connectivity index (χ0v) is 13.8. The van der Waals surface area contributed by atoms with Crippen molar-refractivity contribution in [2.75, 3.05) is 13.4 Å². The smallest absolute Gasteiger partial charge is 0.416 e. The van der Waals surface area contributed by atoms with Crippen LogP contribution in [-0.2, 0) is 11.0 Å². The van der Waals surface area contributed by atoms with Gasteiger partial charge < -0.3 is 19.5 Å². The van der Waals surface area contributed by atoms with E-state index >= 15 is 0 Å². The fourth-order valence-electron chi connectivity index (χ4n) is 2.44. The first kappa shape index (κ1) is 17.9. The van der Waals surface area contributed by atoms with E-state index in [1.165, 1.54) is 12.1 Å². The van der Waals surface area contributed by atoms with Crippen LogP contribution in [0, 0.1) is 0 Å². The second-order valence-electron chi connectivity index (χ2n) is 5.71. The maximum atomic E-state index is 12.5. The number of nitrogens with one attached hydrogen (secondary N) is 1. The van der Waals surface area contributed by atoms with Gasteiger partial charge in [0, 0.05) is 0 Å². The van der Waals surface area contributed by atoms with Gasteiger partial charge in [0.15, 0.2) is 18.1 Å². The van der Waals surface area contributed by atoms with E-state index in [0.29, 0.717) is 11.5 Å². The highest BCUT2D eigenvalue weighted by atomic mass is 19.4. The summed E-state index contributed by atoms with van der Waals surface area (Å²) in [6, 6.07) is 9.23. The Kier molecular flexibility index (Phi) is 4.92. The van der Waals surface area contributed by atoms with Gasteiger partial charge in [-0.1, -0.05) is 6.07 Å². The number of benzene rings is 2. The van der Waals surface area contributed by atoms with Crippen molar-refractivity contribution in [3.05, 3.63) is 53.6 Å². The highest BCUT2D eigenvalue weighted by Gasteiger charge is 2.30. The molecule has 2 aromatic carbocycles. The van der Waals surface area contributed by atoms with Crippen LogP contribution >= 0.6 is 0 Å². The van der Waals surface area contributed by atoms with Crippen molar-refractivity contribution in [1.29, 1.82) is 0 Å². The molecule has 1 N–H and O–H groups in total. The van der Waals surface area contributed by atoms with E-state index in [2.05, 4.69) is 5.32 Å². The number of halogens is 3. The van der Waals surface area contributed by atoms with Crippen LogP contribution in [0.3, 0.4) is 0 Å². The van der Waals surface area contributed by atoms with Gasteiger partial charge in [-0.25, -0.2) is 0 Å². The van der Waals surface area contributed by atoms with Crippen molar-refractivity contribution in [3.8, 4) is 17.2 Å². The Balaban J connectivity index is 1.52. The number of ether oxygens (including phenoxy) is 3. The molecule has 3 rings (SSSR count). The van der Waals surface area contributed by atoms with E-state index in [4.69, 9.17) is 14.2 Å². The molecular formula is C18H16F3NO4. The van der Waals surface area contributed by atoms with Gasteiger partial charge >= 0.3 is 6.18 Å². The van der Waals surface area contributed by atoms with Gasteiger partial charge in [0.1, 0.15) is 5.75 Å². The molecule has 0 aliphatic carbocycles. The lowest BCUT2D eigenvalue weighted by Gasteiger charge is -2.15. The van der Waals surface area contributed by atoms with Crippen LogP contribution in [0.1, 0.15) is 24.1 Å². The minimum atomic E-state index is -4.41. The Bertz CT molecular complexity index is 790. The summed E-state index contributed by atoms with van der Waals surface area (Å²) < 4.78 is 53.2. The molecule has 26 heavy (non-hydrogen) atoms. The number of fused-ring (bicyclic) bond motifs is 1. The molecule has 5 nitrogen and oxygen atoms in total. The van der Waals surface area contributed by atoms with Crippen LogP contribution in [-0.4, -0.2) is 19.3 Å². The fraction of sp³-hybridized carbons (Fsp3) is 0.278. The van der Waals surface area contributed by atoms with Crippen molar-refractivity contribution < 1.29 is 32.2 Å². The molecule has 0 bridgehead atoms. The van der Waals surface area contributed by atoms with Crippen LogP contribution in [0.15, 0.2) is 42.5 Å². The molecule has 1 aliphatic heterocycles. The Morgan fingerprint density at radius 1 is 1.15 bits per heavy atom. The quantitative estimate of drug-likeness (QED) is 0.876. The lowest BCUT2D eigenvalue weighted by molar-refractivity contribution is -0.137. The van der Waals surface area contributed by atoms with Crippen molar-refractivity contribution in [3.63, 3.8) is 0 Å².